The van der Waals surface area contributed by atoms with Crippen LogP contribution in [-0.2, 0) is 6.54 Å². The van der Waals surface area contributed by atoms with E-state index in [0.717, 1.165) is 13.1 Å². The van der Waals surface area contributed by atoms with Gasteiger partial charge in [-0.25, -0.2) is 5.84 Å². The Morgan fingerprint density at radius 1 is 1.65 bits per heavy atom. The molecule has 0 radical (unpaired) electrons. The number of amides is 1. The van der Waals surface area contributed by atoms with Crippen molar-refractivity contribution >= 4 is 5.91 Å². The lowest BCUT2D eigenvalue weighted by Crippen LogP contribution is -2.33. The summed E-state index contributed by atoms with van der Waals surface area (Å²) in [6.45, 7) is 8.99. The topological polar surface area (TPSA) is 89.1 Å². The van der Waals surface area contributed by atoms with Gasteiger partial charge in [0.05, 0.1) is 12.7 Å². The molecule has 0 aliphatic carbocycles. The molecule has 0 bridgehead atoms. The minimum Gasteiger partial charge on any atom is -0.299 e. The zero-order chi connectivity index (χ0) is 12.8. The van der Waals surface area contributed by atoms with Crippen LogP contribution in [0.1, 0.15) is 31.3 Å². The van der Waals surface area contributed by atoms with Crippen LogP contribution in [0.3, 0.4) is 0 Å². The van der Waals surface area contributed by atoms with E-state index in [0.29, 0.717) is 12.6 Å². The maximum atomic E-state index is 11.2. The summed E-state index contributed by atoms with van der Waals surface area (Å²) in [5.41, 5.74) is 2.26. The summed E-state index contributed by atoms with van der Waals surface area (Å²) in [5.74, 6) is 4.59. The summed E-state index contributed by atoms with van der Waals surface area (Å²) in [7, 11) is 0. The molecule has 0 unspecified atom stereocenters. The van der Waals surface area contributed by atoms with Crippen LogP contribution < -0.4 is 11.3 Å². The Kier molecular flexibility index (Phi) is 5.05. The maximum absolute atomic E-state index is 11.2. The molecule has 1 heterocycles. The third-order valence-corrected chi connectivity index (χ3v) is 2.66. The first-order valence-corrected chi connectivity index (χ1v) is 5.73. The monoisotopic (exact) mass is 240 g/mol. The second kappa shape index (κ2) is 6.31. The van der Waals surface area contributed by atoms with Crippen molar-refractivity contribution in [2.75, 3.05) is 13.1 Å². The van der Waals surface area contributed by atoms with Gasteiger partial charge in [0.1, 0.15) is 0 Å². The molecule has 1 aromatic rings. The number of likely N-dealkylation sites (N-methyl/N-ethyl adjacent to an activating group) is 1. The summed E-state index contributed by atoms with van der Waals surface area (Å²) in [6.07, 6.45) is 1.59. The van der Waals surface area contributed by atoms with Crippen molar-refractivity contribution in [3.05, 3.63) is 11.9 Å². The molecule has 0 atom stereocenters. The highest BCUT2D eigenvalue weighted by Crippen LogP contribution is 1.99. The van der Waals surface area contributed by atoms with Crippen molar-refractivity contribution < 1.29 is 4.79 Å². The Labute approximate surface area is 101 Å². The molecule has 0 saturated heterocycles. The van der Waals surface area contributed by atoms with Crippen LogP contribution in [0.2, 0.25) is 0 Å². The average molecular weight is 240 g/mol. The van der Waals surface area contributed by atoms with E-state index in [4.69, 9.17) is 5.84 Å². The normalized spacial score (nSPS) is 11.2. The van der Waals surface area contributed by atoms with Crippen LogP contribution in [0.15, 0.2) is 6.20 Å². The fourth-order valence-corrected chi connectivity index (χ4v) is 1.60. The standard InChI is InChI=1S/C10H20N6O/c1-4-15(8(2)3)5-6-16-7-9(13-14-16)10(17)12-11/h7-8H,4-6,11H2,1-3H3,(H,12,17). The smallest absolute Gasteiger partial charge is 0.287 e. The van der Waals surface area contributed by atoms with E-state index in [-0.39, 0.29) is 5.69 Å². The Morgan fingerprint density at radius 3 is 2.88 bits per heavy atom. The largest absolute Gasteiger partial charge is 0.299 e. The van der Waals surface area contributed by atoms with Gasteiger partial charge in [0, 0.05) is 12.6 Å². The molecule has 0 fully saturated rings. The van der Waals surface area contributed by atoms with Gasteiger partial charge in [-0.05, 0) is 20.4 Å². The molecular weight excluding hydrogens is 220 g/mol. The lowest BCUT2D eigenvalue weighted by atomic mass is 10.3. The van der Waals surface area contributed by atoms with E-state index in [9.17, 15) is 4.79 Å². The van der Waals surface area contributed by atoms with Crippen molar-refractivity contribution in [1.82, 2.24) is 25.3 Å². The van der Waals surface area contributed by atoms with E-state index in [2.05, 4.69) is 36.0 Å². The number of nitrogens with one attached hydrogen (secondary N) is 1. The molecule has 3 N–H and O–H groups in total. The molecule has 0 spiro atoms. The van der Waals surface area contributed by atoms with Gasteiger partial charge in [0.15, 0.2) is 5.69 Å². The van der Waals surface area contributed by atoms with Gasteiger partial charge < -0.3 is 0 Å². The zero-order valence-corrected chi connectivity index (χ0v) is 10.6. The second-order valence-corrected chi connectivity index (χ2v) is 4.06. The van der Waals surface area contributed by atoms with Crippen LogP contribution in [-0.4, -0.2) is 44.9 Å². The summed E-state index contributed by atoms with van der Waals surface area (Å²) >= 11 is 0. The molecule has 0 saturated carbocycles. The molecule has 0 aliphatic rings. The molecule has 1 rings (SSSR count). The average Bonchev–Trinajstić information content (AvgIpc) is 2.77. The summed E-state index contributed by atoms with van der Waals surface area (Å²) in [6, 6.07) is 0.496. The summed E-state index contributed by atoms with van der Waals surface area (Å²) in [5, 5.41) is 7.61. The first-order valence-electron chi connectivity index (χ1n) is 5.73. The predicted molar refractivity (Wildman–Crippen MR) is 64.1 cm³/mol. The minimum atomic E-state index is -0.424. The van der Waals surface area contributed by atoms with Crippen molar-refractivity contribution in [2.45, 2.75) is 33.4 Å². The molecule has 7 nitrogen and oxygen atoms in total. The van der Waals surface area contributed by atoms with Crippen molar-refractivity contribution in [3.63, 3.8) is 0 Å². The molecule has 0 aromatic carbocycles. The summed E-state index contributed by atoms with van der Waals surface area (Å²) in [4.78, 5) is 13.5. The Balaban J connectivity index is 2.52. The van der Waals surface area contributed by atoms with Gasteiger partial charge in [-0.3, -0.25) is 19.8 Å². The lowest BCUT2D eigenvalue weighted by Gasteiger charge is -2.24. The van der Waals surface area contributed by atoms with E-state index >= 15 is 0 Å². The van der Waals surface area contributed by atoms with Gasteiger partial charge in [0.2, 0.25) is 0 Å². The van der Waals surface area contributed by atoms with E-state index in [1.54, 1.807) is 10.9 Å². The van der Waals surface area contributed by atoms with Crippen molar-refractivity contribution in [1.29, 1.82) is 0 Å². The van der Waals surface area contributed by atoms with Crippen LogP contribution in [0, 0.1) is 0 Å². The van der Waals surface area contributed by atoms with Crippen LogP contribution in [0.4, 0.5) is 0 Å². The third kappa shape index (κ3) is 3.79. The second-order valence-electron chi connectivity index (χ2n) is 4.06. The number of hydrogen-bond donors (Lipinski definition) is 2. The van der Waals surface area contributed by atoms with Crippen LogP contribution in [0.25, 0.3) is 0 Å². The van der Waals surface area contributed by atoms with Gasteiger partial charge in [-0.15, -0.1) is 5.10 Å². The van der Waals surface area contributed by atoms with E-state index in [1.165, 1.54) is 0 Å². The number of nitrogens with two attached hydrogens (primary N) is 1. The van der Waals surface area contributed by atoms with Crippen LogP contribution in [0.5, 0.6) is 0 Å². The number of hydrazine groups is 1. The van der Waals surface area contributed by atoms with Crippen LogP contribution >= 0.6 is 0 Å². The highest BCUT2D eigenvalue weighted by molar-refractivity contribution is 5.91. The molecule has 1 amide bonds. The zero-order valence-electron chi connectivity index (χ0n) is 10.6. The van der Waals surface area contributed by atoms with Crippen molar-refractivity contribution in [2.24, 2.45) is 5.84 Å². The quantitative estimate of drug-likeness (QED) is 0.401. The highest BCUT2D eigenvalue weighted by atomic mass is 16.2. The van der Waals surface area contributed by atoms with Gasteiger partial charge in [0.25, 0.3) is 5.91 Å². The molecular formula is C10H20N6O. The first-order chi connectivity index (χ1) is 8.08. The van der Waals surface area contributed by atoms with Gasteiger partial charge >= 0.3 is 0 Å². The number of hydrogen-bond acceptors (Lipinski definition) is 5. The minimum absolute atomic E-state index is 0.236. The number of rotatable bonds is 6. The Morgan fingerprint density at radius 2 is 2.35 bits per heavy atom. The molecule has 0 aliphatic heterocycles. The number of nitrogen functional groups attached to an aromatic ring is 1. The van der Waals surface area contributed by atoms with Gasteiger partial charge in [-0.1, -0.05) is 12.1 Å². The fourth-order valence-electron chi connectivity index (χ4n) is 1.60. The highest BCUT2D eigenvalue weighted by Gasteiger charge is 2.10. The van der Waals surface area contributed by atoms with E-state index < -0.39 is 5.91 Å². The number of carbonyl (C=O) groups excluding carboxylic acids is 1. The lowest BCUT2D eigenvalue weighted by molar-refractivity contribution is 0.0948. The van der Waals surface area contributed by atoms with Gasteiger partial charge in [-0.2, -0.15) is 0 Å². The number of carbonyl (C=O) groups is 1. The molecule has 96 valence electrons. The fraction of sp³-hybridized carbons (Fsp3) is 0.700. The Bertz CT molecular complexity index is 361. The first kappa shape index (κ1) is 13.6. The van der Waals surface area contributed by atoms with E-state index in [1.807, 2.05) is 5.43 Å². The predicted octanol–water partition coefficient (Wildman–Crippen LogP) is -0.388. The SMILES string of the molecule is CCN(CCn1cc(C(=O)NN)nn1)C(C)C. The van der Waals surface area contributed by atoms with Crippen molar-refractivity contribution in [3.8, 4) is 0 Å². The Hall–Kier alpha value is -1.47. The molecule has 7 heteroatoms. The molecule has 1 aromatic heterocycles. The number of nitrogens with zero attached hydrogens (tertiary/aromatic N) is 4. The maximum Gasteiger partial charge on any atom is 0.287 e. The number of aromatic nitrogens is 3. The third-order valence-electron chi connectivity index (χ3n) is 2.66. The molecule has 17 heavy (non-hydrogen) atoms. The summed E-state index contributed by atoms with van der Waals surface area (Å²) < 4.78 is 1.65.